The Hall–Kier alpha value is -2.93. The van der Waals surface area contributed by atoms with Gasteiger partial charge in [0, 0.05) is 37.2 Å². The minimum Gasteiger partial charge on any atom is -0.351 e. The third kappa shape index (κ3) is 5.98. The highest BCUT2D eigenvalue weighted by atomic mass is 32.2. The summed E-state index contributed by atoms with van der Waals surface area (Å²) in [6, 6.07) is 2.89. The molecule has 0 unspecified atom stereocenters. The lowest BCUT2D eigenvalue weighted by molar-refractivity contribution is -0.182. The van der Waals surface area contributed by atoms with Crippen LogP contribution >= 0.6 is 0 Å². The van der Waals surface area contributed by atoms with E-state index in [9.17, 15) is 31.2 Å². The molecule has 1 saturated carbocycles. The molecule has 3 amide bonds. The van der Waals surface area contributed by atoms with E-state index < -0.39 is 33.7 Å². The van der Waals surface area contributed by atoms with Crippen LogP contribution in [0, 0.1) is 25.7 Å². The minimum absolute atomic E-state index is 0.0118. The van der Waals surface area contributed by atoms with Gasteiger partial charge in [0.2, 0.25) is 10.0 Å². The molecule has 214 valence electrons. The van der Waals surface area contributed by atoms with Gasteiger partial charge >= 0.3 is 12.2 Å². The van der Waals surface area contributed by atoms with Crippen LogP contribution in [0.4, 0.5) is 23.7 Å². The number of aliphatic imine (C=N–C) groups is 1. The Kier molecular flexibility index (Phi) is 7.87. The topological polar surface area (TPSA) is 125 Å². The van der Waals surface area contributed by atoms with Crippen molar-refractivity contribution in [2.24, 2.45) is 22.6 Å². The Morgan fingerprint density at radius 2 is 1.72 bits per heavy atom. The number of benzene rings is 1. The van der Waals surface area contributed by atoms with Crippen molar-refractivity contribution in [2.75, 3.05) is 25.0 Å². The van der Waals surface area contributed by atoms with E-state index in [2.05, 4.69) is 10.3 Å². The number of rotatable bonds is 5. The van der Waals surface area contributed by atoms with E-state index in [-0.39, 0.29) is 50.6 Å². The molecule has 0 aromatic heterocycles. The van der Waals surface area contributed by atoms with Crippen molar-refractivity contribution in [1.82, 2.24) is 9.62 Å². The van der Waals surface area contributed by atoms with E-state index in [4.69, 9.17) is 5.73 Å². The van der Waals surface area contributed by atoms with E-state index in [0.717, 1.165) is 16.5 Å². The summed E-state index contributed by atoms with van der Waals surface area (Å²) in [4.78, 5) is 30.3. The molecular formula is C26H34F3N5O4S. The normalized spacial score (nSPS) is 24.2. The number of carbonyl (C=O) groups excluding carboxylic acids is 2. The molecule has 4 rings (SSSR count). The standard InChI is InChI=1S/C26H34F3N5O4S/c1-16-14-20(33(3)24(30)36)15-17(2)21(16)8-13-39(37,38)34-11-9-25(10-12-34)23(35)31-22(32-25)18-4-6-19(7-5-18)26(27,28)29/h8,13-15,18-19H,4-7,9-12H2,1-3H3,(H2,30,36)(H,31,32,35)/b13-8+. The van der Waals surface area contributed by atoms with Crippen LogP contribution in [0.15, 0.2) is 22.5 Å². The molecule has 39 heavy (non-hydrogen) atoms. The van der Waals surface area contributed by atoms with Gasteiger partial charge < -0.3 is 11.1 Å². The fourth-order valence-electron chi connectivity index (χ4n) is 5.65. The number of piperidine rings is 1. The smallest absolute Gasteiger partial charge is 0.351 e. The number of amidine groups is 1. The van der Waals surface area contributed by atoms with Gasteiger partial charge in [0.25, 0.3) is 5.91 Å². The van der Waals surface area contributed by atoms with E-state index in [1.807, 2.05) is 13.8 Å². The number of sulfonamides is 1. The third-order valence-corrected chi connectivity index (χ3v) is 9.75. The molecule has 3 N–H and O–H groups in total. The lowest BCUT2D eigenvalue weighted by Crippen LogP contribution is -2.50. The summed E-state index contributed by atoms with van der Waals surface area (Å²) in [5.74, 6) is -1.41. The number of hydrogen-bond acceptors (Lipinski definition) is 5. The van der Waals surface area contributed by atoms with Crippen LogP contribution in [0.5, 0.6) is 0 Å². The van der Waals surface area contributed by atoms with Gasteiger partial charge in [-0.2, -0.15) is 17.5 Å². The van der Waals surface area contributed by atoms with Gasteiger partial charge in [0.15, 0.2) is 0 Å². The number of nitrogens with zero attached hydrogens (tertiary/aromatic N) is 3. The summed E-state index contributed by atoms with van der Waals surface area (Å²) in [6.07, 6.45) is -1.65. The maximum Gasteiger partial charge on any atom is 0.391 e. The first-order valence-corrected chi connectivity index (χ1v) is 14.4. The van der Waals surface area contributed by atoms with Crippen LogP contribution in [0.3, 0.4) is 0 Å². The second-order valence-corrected chi connectivity index (χ2v) is 12.5. The molecule has 1 saturated heterocycles. The predicted octanol–water partition coefficient (Wildman–Crippen LogP) is 3.85. The van der Waals surface area contributed by atoms with Crippen molar-refractivity contribution < 1.29 is 31.2 Å². The van der Waals surface area contributed by atoms with Gasteiger partial charge in [-0.3, -0.25) is 14.7 Å². The molecule has 1 aromatic rings. The number of anilines is 1. The zero-order valence-corrected chi connectivity index (χ0v) is 23.0. The number of aryl methyl sites for hydroxylation is 2. The van der Waals surface area contributed by atoms with Crippen LogP contribution < -0.4 is 16.0 Å². The van der Waals surface area contributed by atoms with Crippen LogP contribution in [0.1, 0.15) is 55.2 Å². The van der Waals surface area contributed by atoms with Crippen molar-refractivity contribution in [1.29, 1.82) is 0 Å². The van der Waals surface area contributed by atoms with Crippen LogP contribution in [-0.4, -0.2) is 62.3 Å². The highest BCUT2D eigenvalue weighted by molar-refractivity contribution is 7.92. The van der Waals surface area contributed by atoms with E-state index in [0.29, 0.717) is 29.9 Å². The van der Waals surface area contributed by atoms with Gasteiger partial charge in [-0.05, 0) is 87.3 Å². The number of alkyl halides is 3. The quantitative estimate of drug-likeness (QED) is 0.559. The van der Waals surface area contributed by atoms with E-state index in [1.54, 1.807) is 19.2 Å². The Morgan fingerprint density at radius 1 is 1.15 bits per heavy atom. The molecule has 0 bridgehead atoms. The number of nitrogens with two attached hydrogens (primary N) is 1. The van der Waals surface area contributed by atoms with E-state index in [1.165, 1.54) is 15.3 Å². The summed E-state index contributed by atoms with van der Waals surface area (Å²) in [5.41, 5.74) is 7.11. The van der Waals surface area contributed by atoms with Gasteiger partial charge in [-0.1, -0.05) is 0 Å². The summed E-state index contributed by atoms with van der Waals surface area (Å²) in [7, 11) is -2.24. The number of amides is 3. The van der Waals surface area contributed by atoms with E-state index >= 15 is 0 Å². The maximum absolute atomic E-state index is 13.1. The maximum atomic E-state index is 13.1. The van der Waals surface area contributed by atoms with Crippen molar-refractivity contribution in [3.8, 4) is 0 Å². The van der Waals surface area contributed by atoms with Gasteiger partial charge in [-0.15, -0.1) is 0 Å². The SMILES string of the molecule is Cc1cc(N(C)C(N)=O)cc(C)c1/C=C/S(=O)(=O)N1CCC2(CC1)N=C(C1CCC(C(F)(F)F)CC1)NC2=O. The average molecular weight is 570 g/mol. The highest BCUT2D eigenvalue weighted by Crippen LogP contribution is 2.41. The summed E-state index contributed by atoms with van der Waals surface area (Å²) >= 11 is 0. The molecule has 2 aliphatic heterocycles. The van der Waals surface area contributed by atoms with Crippen molar-refractivity contribution in [3.63, 3.8) is 0 Å². The van der Waals surface area contributed by atoms with Gasteiger partial charge in [0.1, 0.15) is 11.4 Å². The summed E-state index contributed by atoms with van der Waals surface area (Å²) in [5, 5.41) is 3.92. The molecule has 1 aromatic carbocycles. The number of carbonyl (C=O) groups is 2. The zero-order chi connectivity index (χ0) is 28.8. The largest absolute Gasteiger partial charge is 0.391 e. The van der Waals surface area contributed by atoms with Crippen molar-refractivity contribution >= 4 is 39.6 Å². The van der Waals surface area contributed by atoms with Crippen LogP contribution in [-0.2, 0) is 14.8 Å². The first-order chi connectivity index (χ1) is 18.1. The zero-order valence-electron chi connectivity index (χ0n) is 22.2. The van der Waals surface area contributed by atoms with Gasteiger partial charge in [-0.25, -0.2) is 13.2 Å². The first-order valence-electron chi connectivity index (χ1n) is 12.9. The Morgan fingerprint density at radius 3 is 2.23 bits per heavy atom. The molecule has 13 heteroatoms. The molecule has 9 nitrogen and oxygen atoms in total. The number of hydrogen-bond donors (Lipinski definition) is 2. The molecule has 1 spiro atoms. The van der Waals surface area contributed by atoms with Crippen LogP contribution in [0.25, 0.3) is 6.08 Å². The minimum atomic E-state index is -4.21. The molecule has 2 heterocycles. The number of primary amides is 1. The van der Waals surface area contributed by atoms with Crippen molar-refractivity contribution in [3.05, 3.63) is 34.2 Å². The molecule has 1 aliphatic carbocycles. The number of urea groups is 1. The Balaban J connectivity index is 1.41. The summed E-state index contributed by atoms with van der Waals surface area (Å²) < 4.78 is 66.5. The predicted molar refractivity (Wildman–Crippen MR) is 142 cm³/mol. The fraction of sp³-hybridized carbons (Fsp3) is 0.577. The Bertz CT molecular complexity index is 1290. The van der Waals surface area contributed by atoms with Crippen LogP contribution in [0.2, 0.25) is 0 Å². The number of nitrogens with one attached hydrogen (secondary N) is 1. The number of halogens is 3. The lowest BCUT2D eigenvalue weighted by atomic mass is 9.81. The monoisotopic (exact) mass is 569 g/mol. The molecular weight excluding hydrogens is 535 g/mol. The third-order valence-electron chi connectivity index (χ3n) is 8.19. The molecule has 0 radical (unpaired) electrons. The van der Waals surface area contributed by atoms with Crippen molar-refractivity contribution in [2.45, 2.75) is 64.1 Å². The summed E-state index contributed by atoms with van der Waals surface area (Å²) in [6.45, 7) is 3.81. The molecule has 3 aliphatic rings. The molecule has 2 fully saturated rings. The lowest BCUT2D eigenvalue weighted by Gasteiger charge is -2.34. The second kappa shape index (κ2) is 10.6. The van der Waals surface area contributed by atoms with Gasteiger partial charge in [0.05, 0.1) is 5.92 Å². The molecule has 0 atom stereocenters. The Labute approximate surface area is 226 Å². The first kappa shape index (κ1) is 29.1. The fourth-order valence-corrected chi connectivity index (χ4v) is 6.83. The highest BCUT2D eigenvalue weighted by Gasteiger charge is 2.49. The second-order valence-electron chi connectivity index (χ2n) is 10.7. The average Bonchev–Trinajstić information content (AvgIpc) is 3.17.